The van der Waals surface area contributed by atoms with E-state index in [0.29, 0.717) is 5.41 Å². The topological polar surface area (TPSA) is 26.0 Å². The molecule has 0 unspecified atom stereocenters. The number of hydrogen-bond donors (Lipinski definition) is 1. The molecule has 0 saturated heterocycles. The Kier molecular flexibility index (Phi) is 1.80. The molecule has 1 saturated carbocycles. The molecule has 1 heteroatoms. The molecule has 1 nitrogen and oxygen atoms in total. The lowest BCUT2D eigenvalue weighted by Crippen LogP contribution is -2.40. The molecule has 2 N–H and O–H groups in total. The molecule has 0 bridgehead atoms. The summed E-state index contributed by atoms with van der Waals surface area (Å²) in [6.45, 7) is 5.43. The Balaban J connectivity index is 2.24. The van der Waals surface area contributed by atoms with E-state index >= 15 is 0 Å². The SMILES string of the molecule is CCC1CC(C)(CN)C1. The van der Waals surface area contributed by atoms with E-state index in [1.54, 1.807) is 0 Å². The highest BCUT2D eigenvalue weighted by molar-refractivity contribution is 4.89. The number of hydrogen-bond acceptors (Lipinski definition) is 1. The summed E-state index contributed by atoms with van der Waals surface area (Å²) in [6.07, 6.45) is 4.07. The Hall–Kier alpha value is -0.0400. The lowest BCUT2D eigenvalue weighted by atomic mass is 9.62. The lowest BCUT2D eigenvalue weighted by molar-refractivity contribution is 0.0821. The van der Waals surface area contributed by atoms with Crippen LogP contribution in [0.1, 0.15) is 33.1 Å². The van der Waals surface area contributed by atoms with E-state index < -0.39 is 0 Å². The van der Waals surface area contributed by atoms with E-state index in [1.807, 2.05) is 0 Å². The summed E-state index contributed by atoms with van der Waals surface area (Å²) in [7, 11) is 0. The number of nitrogens with two attached hydrogens (primary N) is 1. The molecular weight excluding hydrogens is 110 g/mol. The molecule has 0 spiro atoms. The zero-order chi connectivity index (χ0) is 6.91. The molecule has 0 aliphatic heterocycles. The second-order valence-corrected chi connectivity index (χ2v) is 3.70. The molecule has 0 aromatic rings. The highest BCUT2D eigenvalue weighted by Crippen LogP contribution is 2.45. The predicted molar refractivity (Wildman–Crippen MR) is 40.2 cm³/mol. The first-order valence-electron chi connectivity index (χ1n) is 3.90. The van der Waals surface area contributed by atoms with Gasteiger partial charge >= 0.3 is 0 Å². The minimum absolute atomic E-state index is 0.515. The van der Waals surface area contributed by atoms with Crippen molar-refractivity contribution in [3.63, 3.8) is 0 Å². The highest BCUT2D eigenvalue weighted by atomic mass is 14.6. The van der Waals surface area contributed by atoms with E-state index in [2.05, 4.69) is 13.8 Å². The van der Waals surface area contributed by atoms with Gasteiger partial charge in [-0.05, 0) is 30.7 Å². The Morgan fingerprint density at radius 1 is 1.56 bits per heavy atom. The average Bonchev–Trinajstić information content (AvgIpc) is 1.81. The van der Waals surface area contributed by atoms with Crippen LogP contribution in [0.5, 0.6) is 0 Å². The van der Waals surface area contributed by atoms with Crippen molar-refractivity contribution in [2.24, 2.45) is 17.1 Å². The quantitative estimate of drug-likeness (QED) is 0.601. The summed E-state index contributed by atoms with van der Waals surface area (Å²) in [4.78, 5) is 0. The van der Waals surface area contributed by atoms with Gasteiger partial charge < -0.3 is 5.73 Å². The van der Waals surface area contributed by atoms with Crippen molar-refractivity contribution in [3.8, 4) is 0 Å². The summed E-state index contributed by atoms with van der Waals surface area (Å²) >= 11 is 0. The van der Waals surface area contributed by atoms with Gasteiger partial charge in [-0.25, -0.2) is 0 Å². The molecule has 0 heterocycles. The van der Waals surface area contributed by atoms with Crippen LogP contribution < -0.4 is 5.73 Å². The van der Waals surface area contributed by atoms with Gasteiger partial charge in [-0.3, -0.25) is 0 Å². The predicted octanol–water partition coefficient (Wildman–Crippen LogP) is 1.77. The largest absolute Gasteiger partial charge is 0.330 e. The molecule has 0 aromatic heterocycles. The van der Waals surface area contributed by atoms with Crippen LogP contribution >= 0.6 is 0 Å². The van der Waals surface area contributed by atoms with Crippen molar-refractivity contribution in [3.05, 3.63) is 0 Å². The smallest absolute Gasteiger partial charge is 0.00230 e. The maximum Gasteiger partial charge on any atom is -0.00230 e. The maximum atomic E-state index is 5.58. The molecule has 1 aliphatic rings. The molecule has 0 atom stereocenters. The summed E-state index contributed by atoms with van der Waals surface area (Å²) in [5.41, 5.74) is 6.10. The first kappa shape index (κ1) is 7.07. The summed E-state index contributed by atoms with van der Waals surface area (Å²) < 4.78 is 0. The third-order valence-electron chi connectivity index (χ3n) is 2.63. The zero-order valence-electron chi connectivity index (χ0n) is 6.48. The monoisotopic (exact) mass is 127 g/mol. The first-order chi connectivity index (χ1) is 4.20. The minimum Gasteiger partial charge on any atom is -0.330 e. The van der Waals surface area contributed by atoms with Gasteiger partial charge in [0.1, 0.15) is 0 Å². The zero-order valence-corrected chi connectivity index (χ0v) is 6.48. The molecule has 1 rings (SSSR count). The Morgan fingerprint density at radius 2 is 2.11 bits per heavy atom. The average molecular weight is 127 g/mol. The molecule has 1 aliphatic carbocycles. The third kappa shape index (κ3) is 1.26. The number of rotatable bonds is 2. The van der Waals surface area contributed by atoms with Gasteiger partial charge in [0, 0.05) is 0 Å². The van der Waals surface area contributed by atoms with Crippen LogP contribution in [0, 0.1) is 11.3 Å². The fraction of sp³-hybridized carbons (Fsp3) is 1.00. The van der Waals surface area contributed by atoms with Crippen molar-refractivity contribution < 1.29 is 0 Å². The Bertz CT molecular complexity index is 92.7. The summed E-state index contributed by atoms with van der Waals surface area (Å²) in [6, 6.07) is 0. The van der Waals surface area contributed by atoms with Gasteiger partial charge in [0.2, 0.25) is 0 Å². The maximum absolute atomic E-state index is 5.58. The molecular formula is C8H17N. The molecule has 54 valence electrons. The van der Waals surface area contributed by atoms with Crippen LogP contribution in [0.2, 0.25) is 0 Å². The van der Waals surface area contributed by atoms with Crippen LogP contribution in [-0.4, -0.2) is 6.54 Å². The van der Waals surface area contributed by atoms with Gasteiger partial charge in [-0.1, -0.05) is 20.3 Å². The van der Waals surface area contributed by atoms with Gasteiger partial charge in [0.05, 0.1) is 0 Å². The van der Waals surface area contributed by atoms with Crippen LogP contribution in [0.4, 0.5) is 0 Å². The molecule has 9 heavy (non-hydrogen) atoms. The van der Waals surface area contributed by atoms with Gasteiger partial charge in [-0.2, -0.15) is 0 Å². The van der Waals surface area contributed by atoms with Crippen molar-refractivity contribution >= 4 is 0 Å². The van der Waals surface area contributed by atoms with E-state index in [9.17, 15) is 0 Å². The van der Waals surface area contributed by atoms with Crippen LogP contribution in [0.25, 0.3) is 0 Å². The standard InChI is InChI=1S/C8H17N/c1-3-7-4-8(2,5-7)6-9/h7H,3-6,9H2,1-2H3. The van der Waals surface area contributed by atoms with Crippen molar-refractivity contribution in [1.29, 1.82) is 0 Å². The first-order valence-corrected chi connectivity index (χ1v) is 3.90. The molecule has 0 amide bonds. The van der Waals surface area contributed by atoms with Crippen LogP contribution in [0.3, 0.4) is 0 Å². The fourth-order valence-electron chi connectivity index (χ4n) is 1.79. The van der Waals surface area contributed by atoms with E-state index in [0.717, 1.165) is 12.5 Å². The second-order valence-electron chi connectivity index (χ2n) is 3.70. The van der Waals surface area contributed by atoms with E-state index in [1.165, 1.54) is 19.3 Å². The third-order valence-corrected chi connectivity index (χ3v) is 2.63. The van der Waals surface area contributed by atoms with Gasteiger partial charge in [0.15, 0.2) is 0 Å². The van der Waals surface area contributed by atoms with E-state index in [4.69, 9.17) is 5.73 Å². The minimum atomic E-state index is 0.515. The van der Waals surface area contributed by atoms with Gasteiger partial charge in [-0.15, -0.1) is 0 Å². The van der Waals surface area contributed by atoms with Crippen LogP contribution in [0.15, 0.2) is 0 Å². The summed E-state index contributed by atoms with van der Waals surface area (Å²) in [5.74, 6) is 0.985. The molecule has 0 aromatic carbocycles. The van der Waals surface area contributed by atoms with Crippen molar-refractivity contribution in [1.82, 2.24) is 0 Å². The molecule has 1 fully saturated rings. The second kappa shape index (κ2) is 2.30. The summed E-state index contributed by atoms with van der Waals surface area (Å²) in [5, 5.41) is 0. The van der Waals surface area contributed by atoms with Crippen molar-refractivity contribution in [2.45, 2.75) is 33.1 Å². The van der Waals surface area contributed by atoms with Gasteiger partial charge in [0.25, 0.3) is 0 Å². The fourth-order valence-corrected chi connectivity index (χ4v) is 1.79. The van der Waals surface area contributed by atoms with Crippen molar-refractivity contribution in [2.75, 3.05) is 6.54 Å². The van der Waals surface area contributed by atoms with Crippen LogP contribution in [-0.2, 0) is 0 Å². The normalized spacial score (nSPS) is 42.3. The van der Waals surface area contributed by atoms with E-state index in [-0.39, 0.29) is 0 Å². The Morgan fingerprint density at radius 3 is 2.44 bits per heavy atom. The lowest BCUT2D eigenvalue weighted by Gasteiger charge is -2.44. The Labute approximate surface area is 57.6 Å². The highest BCUT2D eigenvalue weighted by Gasteiger charge is 2.37. The molecule has 0 radical (unpaired) electrons.